The summed E-state index contributed by atoms with van der Waals surface area (Å²) < 4.78 is 61.4. The summed E-state index contributed by atoms with van der Waals surface area (Å²) in [7, 11) is -0.779. The van der Waals surface area contributed by atoms with Crippen LogP contribution in [-0.4, -0.2) is 65.2 Å². The van der Waals surface area contributed by atoms with Gasteiger partial charge in [0.2, 0.25) is 5.95 Å². The Morgan fingerprint density at radius 2 is 1.85 bits per heavy atom. The van der Waals surface area contributed by atoms with Crippen LogP contribution in [0.5, 0.6) is 0 Å². The summed E-state index contributed by atoms with van der Waals surface area (Å²) in [5, 5.41) is 10.4. The second kappa shape index (κ2) is 10.6. The summed E-state index contributed by atoms with van der Waals surface area (Å²) >= 11 is 0. The molecule has 0 spiro atoms. The number of aryl methyl sites for hydroxylation is 2. The fourth-order valence-corrected chi connectivity index (χ4v) is 5.11. The van der Waals surface area contributed by atoms with E-state index in [9.17, 15) is 8.42 Å². The van der Waals surface area contributed by atoms with Gasteiger partial charge in [-0.15, -0.1) is 0 Å². The fourth-order valence-electron chi connectivity index (χ4n) is 4.48. The number of anilines is 4. The largest absolute Gasteiger partial charge is 0.383 e. The Bertz CT molecular complexity index is 1660. The van der Waals surface area contributed by atoms with Gasteiger partial charge in [-0.1, -0.05) is 0 Å². The first kappa shape index (κ1) is 27.6. The second-order valence-electron chi connectivity index (χ2n) is 9.90. The summed E-state index contributed by atoms with van der Waals surface area (Å²) in [6.45, 7) is 4.83. The third kappa shape index (κ3) is 5.54. The van der Waals surface area contributed by atoms with E-state index < -0.39 is 32.1 Å². The minimum Gasteiger partial charge on any atom is -0.383 e. The van der Waals surface area contributed by atoms with E-state index >= 15 is 8.78 Å². The molecule has 5 rings (SSSR count). The lowest BCUT2D eigenvalue weighted by molar-refractivity contribution is 0.186. The monoisotopic (exact) mass is 572 g/mol. The Hall–Kier alpha value is -3.91. The highest BCUT2D eigenvalue weighted by Crippen LogP contribution is 2.48. The molecule has 0 aliphatic heterocycles. The van der Waals surface area contributed by atoms with Gasteiger partial charge in [0.25, 0.3) is 0 Å². The summed E-state index contributed by atoms with van der Waals surface area (Å²) in [6.07, 6.45) is 4.62. The number of H-pyrrole nitrogens is 1. The molecule has 3 aromatic heterocycles. The van der Waals surface area contributed by atoms with Gasteiger partial charge in [0.15, 0.2) is 27.3 Å². The first-order valence-corrected chi connectivity index (χ1v) is 14.5. The summed E-state index contributed by atoms with van der Waals surface area (Å²) in [5.41, 5.74) is 2.30. The van der Waals surface area contributed by atoms with Gasteiger partial charge in [0.05, 0.1) is 11.5 Å². The number of aromatic amines is 1. The molecule has 212 valence electrons. The summed E-state index contributed by atoms with van der Waals surface area (Å²) in [5.74, 6) is -0.235. The van der Waals surface area contributed by atoms with E-state index in [0.29, 0.717) is 36.2 Å². The third-order valence-corrected chi connectivity index (χ3v) is 7.77. The van der Waals surface area contributed by atoms with Crippen molar-refractivity contribution in [1.29, 1.82) is 0 Å². The molecule has 1 aliphatic carbocycles. The summed E-state index contributed by atoms with van der Waals surface area (Å²) in [6, 6.07) is 3.39. The Balaban J connectivity index is 1.68. The van der Waals surface area contributed by atoms with Crippen LogP contribution in [0.3, 0.4) is 0 Å². The van der Waals surface area contributed by atoms with Crippen molar-refractivity contribution < 1.29 is 21.9 Å². The van der Waals surface area contributed by atoms with Crippen LogP contribution in [0.2, 0.25) is 0 Å². The van der Waals surface area contributed by atoms with Crippen LogP contribution in [0.4, 0.5) is 32.1 Å². The predicted molar refractivity (Wildman–Crippen MR) is 146 cm³/mol. The van der Waals surface area contributed by atoms with Gasteiger partial charge >= 0.3 is 0 Å². The molecule has 40 heavy (non-hydrogen) atoms. The van der Waals surface area contributed by atoms with E-state index in [4.69, 9.17) is 14.7 Å². The van der Waals surface area contributed by atoms with Gasteiger partial charge in [0, 0.05) is 50.5 Å². The Labute approximate surface area is 230 Å². The molecule has 2 N–H and O–H groups in total. The van der Waals surface area contributed by atoms with Gasteiger partial charge in [-0.25, -0.2) is 27.2 Å². The van der Waals surface area contributed by atoms with Crippen LogP contribution >= 0.6 is 0 Å². The minimum absolute atomic E-state index is 0.0110. The van der Waals surface area contributed by atoms with Crippen molar-refractivity contribution >= 4 is 33.1 Å². The van der Waals surface area contributed by atoms with E-state index in [1.165, 1.54) is 7.05 Å². The molecule has 1 saturated carbocycles. The number of halogens is 2. The van der Waals surface area contributed by atoms with Gasteiger partial charge in [-0.2, -0.15) is 10.1 Å². The molecule has 1 fully saturated rings. The lowest BCUT2D eigenvalue weighted by atomic mass is 10.1. The van der Waals surface area contributed by atoms with E-state index in [1.807, 2.05) is 30.7 Å². The average molecular weight is 573 g/mol. The third-order valence-electron chi connectivity index (χ3n) is 6.68. The van der Waals surface area contributed by atoms with Gasteiger partial charge in [-0.05, 0) is 44.7 Å². The lowest BCUT2D eigenvalue weighted by Gasteiger charge is -2.22. The van der Waals surface area contributed by atoms with Gasteiger partial charge < -0.3 is 19.5 Å². The van der Waals surface area contributed by atoms with Crippen LogP contribution in [0.15, 0.2) is 29.3 Å². The molecule has 4 aromatic rings. The van der Waals surface area contributed by atoms with E-state index in [2.05, 4.69) is 20.5 Å². The molecule has 3 heterocycles. The highest BCUT2D eigenvalue weighted by molar-refractivity contribution is 7.90. The van der Waals surface area contributed by atoms with E-state index in [0.717, 1.165) is 53.2 Å². The highest BCUT2D eigenvalue weighted by Gasteiger charge is 2.34. The van der Waals surface area contributed by atoms with Gasteiger partial charge in [0.1, 0.15) is 28.7 Å². The fraction of sp³-hybridized carbons (Fsp3) is 0.385. The zero-order valence-electron chi connectivity index (χ0n) is 22.8. The number of hydrogen-bond acceptors (Lipinski definition) is 9. The van der Waals surface area contributed by atoms with Crippen LogP contribution in [-0.2, 0) is 21.1 Å². The maximum atomic E-state index is 15.2. The van der Waals surface area contributed by atoms with Crippen LogP contribution in [0.25, 0.3) is 11.4 Å². The molecule has 0 unspecified atom stereocenters. The molecule has 11 nitrogen and oxygen atoms in total. The summed E-state index contributed by atoms with van der Waals surface area (Å²) in [4.78, 5) is 14.9. The first-order valence-electron chi connectivity index (χ1n) is 12.6. The lowest BCUT2D eigenvalue weighted by Crippen LogP contribution is -2.19. The van der Waals surface area contributed by atoms with Crippen molar-refractivity contribution in [1.82, 2.24) is 29.7 Å². The van der Waals surface area contributed by atoms with Crippen molar-refractivity contribution in [3.63, 3.8) is 0 Å². The molecule has 0 radical (unpaired) electrons. The quantitative estimate of drug-likeness (QED) is 0.284. The number of methoxy groups -OCH3 is 1. The number of nitrogens with zero attached hydrogens (tertiary/aromatic N) is 6. The van der Waals surface area contributed by atoms with Crippen molar-refractivity contribution in [3.05, 3.63) is 53.1 Å². The molecule has 0 saturated heterocycles. The second-order valence-corrected chi connectivity index (χ2v) is 11.9. The Morgan fingerprint density at radius 1 is 1.15 bits per heavy atom. The number of aromatic nitrogens is 6. The molecule has 0 bridgehead atoms. The molecular formula is C26H30F2N8O3S. The molecule has 0 amide bonds. The normalized spacial score (nSPS) is 13.6. The molecule has 1 aromatic carbocycles. The molecule has 1 aliphatic rings. The highest BCUT2D eigenvalue weighted by atomic mass is 32.2. The van der Waals surface area contributed by atoms with Crippen molar-refractivity contribution in [2.45, 2.75) is 44.0 Å². The maximum absolute atomic E-state index is 15.2. The number of ether oxygens (including phenoxy) is 1. The number of hydrogen-bond donors (Lipinski definition) is 2. The predicted octanol–water partition coefficient (Wildman–Crippen LogP) is 4.40. The minimum atomic E-state index is -3.82. The SMILES string of the molecule is COCCn1cc(-c2nc(N(C)c3c(F)cc(S(C)(=O)=O)cc3F)nc(Nc3cc(C)[nH]n3)c2C2CC2)nc1C. The van der Waals surface area contributed by atoms with Crippen LogP contribution in [0, 0.1) is 25.5 Å². The molecule has 0 atom stereocenters. The van der Waals surface area contributed by atoms with E-state index in [-0.39, 0.29) is 11.9 Å². The smallest absolute Gasteiger partial charge is 0.232 e. The number of rotatable bonds is 10. The number of benzene rings is 1. The van der Waals surface area contributed by atoms with Crippen LogP contribution in [0.1, 0.15) is 35.8 Å². The van der Waals surface area contributed by atoms with E-state index in [1.54, 1.807) is 7.11 Å². The topological polar surface area (TPSA) is 131 Å². The number of sulfone groups is 1. The number of imidazole rings is 1. The average Bonchev–Trinajstić information content (AvgIpc) is 3.54. The Morgan fingerprint density at radius 3 is 2.42 bits per heavy atom. The standard InChI is InChI=1S/C26H30F2N8O3S/c1-14-10-21(34-33-14)30-25-22(16-6-7-16)23(20-13-36(8-9-39-4)15(2)29-20)31-26(32-25)35(3)24-18(27)11-17(12-19(24)28)40(5,37)38/h10-13,16H,6-9H2,1-5H3,(H2,30,31,32,33,34). The maximum Gasteiger partial charge on any atom is 0.232 e. The molecular weight excluding hydrogens is 542 g/mol. The zero-order chi connectivity index (χ0) is 28.8. The van der Waals surface area contributed by atoms with Gasteiger partial charge in [-0.3, -0.25) is 5.10 Å². The van der Waals surface area contributed by atoms with Crippen LogP contribution < -0.4 is 10.2 Å². The molecule has 14 heteroatoms. The first-order chi connectivity index (χ1) is 19.0. The van der Waals surface area contributed by atoms with Crippen molar-refractivity contribution in [2.24, 2.45) is 0 Å². The number of nitrogens with one attached hydrogen (secondary N) is 2. The Kier molecular flexibility index (Phi) is 7.31. The zero-order valence-corrected chi connectivity index (χ0v) is 23.6. The van der Waals surface area contributed by atoms with Crippen molar-refractivity contribution in [2.75, 3.05) is 37.2 Å². The van der Waals surface area contributed by atoms with Crippen molar-refractivity contribution in [3.8, 4) is 11.4 Å².